The monoisotopic (exact) mass is 712 g/mol. The fourth-order valence-corrected chi connectivity index (χ4v) is 0. The first-order valence-corrected chi connectivity index (χ1v) is 6.36. The van der Waals surface area contributed by atoms with Gasteiger partial charge in [0, 0.05) is 0 Å². The predicted octanol–water partition coefficient (Wildman–Crippen LogP) is -8.62. The summed E-state index contributed by atoms with van der Waals surface area (Å²) in [5.74, 6) is 0. The third kappa shape index (κ3) is 246. The Morgan fingerprint density at radius 2 is 0.615 bits per heavy atom. The van der Waals surface area contributed by atoms with Crippen LogP contribution in [-0.2, 0) is 11.3 Å². The predicted molar refractivity (Wildman–Crippen MR) is 49.1 cm³/mol. The van der Waals surface area contributed by atoms with E-state index in [4.69, 9.17) is 23.7 Å². The molecule has 0 bridgehead atoms. The Hall–Kier alpha value is 3.33. The van der Waals surface area contributed by atoms with E-state index in [-0.39, 0.29) is 91.0 Å². The summed E-state index contributed by atoms with van der Waals surface area (Å²) in [4.78, 5) is 0. The first-order valence-electron chi connectivity index (χ1n) is 1.22. The molecule has 13 heavy (non-hydrogen) atoms. The SMILES string of the molecule is [Dy+3].[GeH3].[GeH3].[GeH3].[O]=[Ge][O-].[O]=[Ge][O-].[O]=[Ge][O-]. The van der Waals surface area contributed by atoms with Crippen LogP contribution in [-0.4, -0.2) is 99.9 Å². The van der Waals surface area contributed by atoms with Gasteiger partial charge in [0.1, 0.15) is 0 Å². The zero-order valence-corrected chi connectivity index (χ0v) is 28.2. The van der Waals surface area contributed by atoms with Crippen molar-refractivity contribution < 1.29 is 61.9 Å². The number of hydrogen-bond acceptors (Lipinski definition) is 6. The standard InChI is InChI=1S/Dy.3GeO2.3GeH3/c;3*2-1-3;;;/h;;;;3*1H3/q+3;3*-1;;;. The molecule has 13 heteroatoms. The number of hydrogen-bond donors (Lipinski definition) is 0. The summed E-state index contributed by atoms with van der Waals surface area (Å²) in [5.41, 5.74) is 0. The fourth-order valence-electron chi connectivity index (χ4n) is 0. The molecule has 0 spiro atoms. The average molecular weight is 703 g/mol. The minimum atomic E-state index is -2.00. The Morgan fingerprint density at radius 3 is 0.615 bits per heavy atom. The second kappa shape index (κ2) is 78.6. The topological polar surface area (TPSA) is 120 Å². The maximum atomic E-state index is 8.50. The van der Waals surface area contributed by atoms with Gasteiger partial charge in [0.25, 0.3) is 0 Å². The molecule has 0 saturated carbocycles. The van der Waals surface area contributed by atoms with Crippen LogP contribution in [0.15, 0.2) is 0 Å². The van der Waals surface area contributed by atoms with E-state index in [1.54, 1.807) is 0 Å². The average Bonchev–Trinajstić information content (AvgIpc) is 1.70. The van der Waals surface area contributed by atoms with Crippen LogP contribution in [0.25, 0.3) is 0 Å². The Morgan fingerprint density at radius 1 is 0.615 bits per heavy atom. The van der Waals surface area contributed by atoms with Crippen LogP contribution in [0.5, 0.6) is 0 Å². The second-order valence-electron chi connectivity index (χ2n) is 0.250. The van der Waals surface area contributed by atoms with Crippen LogP contribution in [0.2, 0.25) is 0 Å². The van der Waals surface area contributed by atoms with Gasteiger partial charge in [-0.3, -0.25) is 0 Å². The van der Waals surface area contributed by atoms with Crippen molar-refractivity contribution >= 4 is 99.9 Å². The van der Waals surface area contributed by atoms with Gasteiger partial charge in [-0.05, 0) is 0 Å². The summed E-state index contributed by atoms with van der Waals surface area (Å²) in [7, 11) is 0. The minimum absolute atomic E-state index is 0. The van der Waals surface area contributed by atoms with Crippen LogP contribution < -0.4 is 12.4 Å². The number of rotatable bonds is 0. The van der Waals surface area contributed by atoms with Crippen LogP contribution in [0.4, 0.5) is 0 Å². The summed E-state index contributed by atoms with van der Waals surface area (Å²) in [5, 5.41) is 0. The first kappa shape index (κ1) is 44.1. The van der Waals surface area contributed by atoms with Crippen molar-refractivity contribution in [1.29, 1.82) is 0 Å². The van der Waals surface area contributed by atoms with Crippen molar-refractivity contribution in [3.05, 3.63) is 0 Å². The van der Waals surface area contributed by atoms with Crippen molar-refractivity contribution in [2.24, 2.45) is 0 Å². The second-order valence-corrected chi connectivity index (χ2v) is 1.30. The van der Waals surface area contributed by atoms with Gasteiger partial charge in [-0.2, -0.15) is 0 Å². The first-order chi connectivity index (χ1) is 4.24. The van der Waals surface area contributed by atoms with Crippen LogP contribution in [0.3, 0.4) is 0 Å². The van der Waals surface area contributed by atoms with E-state index in [0.717, 1.165) is 0 Å². The van der Waals surface area contributed by atoms with Gasteiger partial charge in [-0.25, -0.2) is 0 Å². The molecule has 0 saturated heterocycles. The summed E-state index contributed by atoms with van der Waals surface area (Å²) < 4.78 is 51.0. The van der Waals surface area contributed by atoms with Crippen molar-refractivity contribution in [3.63, 3.8) is 0 Å². The van der Waals surface area contributed by atoms with Gasteiger partial charge < -0.3 is 0 Å². The zero-order chi connectivity index (χ0) is 8.12. The molecule has 0 aromatic heterocycles. The Kier molecular flexibility index (Phi) is 266. The molecule has 0 aromatic carbocycles. The van der Waals surface area contributed by atoms with E-state index in [9.17, 15) is 0 Å². The molecule has 0 rings (SSSR count). The molecule has 0 atom stereocenters. The Balaban J connectivity index is -0.00000000720. The normalized spacial score (nSPS) is 2.77. The van der Waals surface area contributed by atoms with Gasteiger partial charge in [0.05, 0.1) is 0 Å². The molecule has 79 valence electrons. The summed E-state index contributed by atoms with van der Waals surface area (Å²) in [6.45, 7) is 0. The summed E-state index contributed by atoms with van der Waals surface area (Å²) >= 11 is -6.00. The molecule has 0 aliphatic carbocycles. The van der Waals surface area contributed by atoms with Gasteiger partial charge in [-0.1, -0.05) is 0 Å². The van der Waals surface area contributed by atoms with Gasteiger partial charge >= 0.3 is 162 Å². The van der Waals surface area contributed by atoms with E-state index in [0.29, 0.717) is 0 Å². The van der Waals surface area contributed by atoms with Crippen molar-refractivity contribution in [2.75, 3.05) is 0 Å². The molecule has 0 aromatic rings. The molecular formula is H9DyGe6O6. The third-order valence-electron chi connectivity index (χ3n) is 0. The van der Waals surface area contributed by atoms with E-state index in [1.165, 1.54) is 0 Å². The molecule has 0 aliphatic rings. The van der Waals surface area contributed by atoms with Gasteiger partial charge in [0.15, 0.2) is 0 Å². The molecular weight excluding hydrogens is 694 g/mol. The molecule has 6 nitrogen and oxygen atoms in total. The molecule has 0 unspecified atom stereocenters. The quantitative estimate of drug-likeness (QED) is 0.232. The third-order valence-corrected chi connectivity index (χ3v) is 0. The van der Waals surface area contributed by atoms with Gasteiger partial charge in [-0.15, -0.1) is 0 Å². The zero-order valence-electron chi connectivity index (χ0n) is 7.27. The van der Waals surface area contributed by atoms with E-state index < -0.39 is 47.1 Å². The van der Waals surface area contributed by atoms with E-state index >= 15 is 0 Å². The Bertz CT molecular complexity index is 53.9. The summed E-state index contributed by atoms with van der Waals surface area (Å²) in [6, 6.07) is 0. The van der Waals surface area contributed by atoms with Gasteiger partial charge in [0.2, 0.25) is 0 Å². The van der Waals surface area contributed by atoms with Crippen LogP contribution >= 0.6 is 0 Å². The van der Waals surface area contributed by atoms with Crippen molar-refractivity contribution in [1.82, 2.24) is 0 Å². The molecule has 0 amide bonds. The molecule has 0 heterocycles. The van der Waals surface area contributed by atoms with Crippen molar-refractivity contribution in [2.45, 2.75) is 0 Å². The van der Waals surface area contributed by atoms with E-state index in [2.05, 4.69) is 0 Å². The molecule has 0 aliphatic heterocycles. The molecule has 0 fully saturated rings. The fraction of sp³-hybridized carbons (Fsp3) is 0. The van der Waals surface area contributed by atoms with Crippen molar-refractivity contribution in [3.8, 4) is 0 Å². The van der Waals surface area contributed by atoms with Crippen LogP contribution in [0.1, 0.15) is 0 Å². The molecule has 0 N–H and O–H groups in total. The van der Waals surface area contributed by atoms with Crippen LogP contribution in [0, 0.1) is 38.2 Å². The van der Waals surface area contributed by atoms with E-state index in [1.807, 2.05) is 0 Å². The molecule has 7 radical (unpaired) electrons. The maximum absolute atomic E-state index is 8.50. The Labute approximate surface area is 159 Å². The summed E-state index contributed by atoms with van der Waals surface area (Å²) in [6.07, 6.45) is 0.